The van der Waals surface area contributed by atoms with Crippen molar-refractivity contribution < 1.29 is 19.0 Å². The molecule has 1 aromatic carbocycles. The number of carbonyl (C=O) groups is 1. The Bertz CT molecular complexity index is 720. The molecule has 1 unspecified atom stereocenters. The molecule has 0 saturated carbocycles. The van der Waals surface area contributed by atoms with Crippen LogP contribution in [0.25, 0.3) is 0 Å². The molecule has 3 heterocycles. The van der Waals surface area contributed by atoms with Crippen LogP contribution in [0.4, 0.5) is 0 Å². The van der Waals surface area contributed by atoms with Gasteiger partial charge in [0.15, 0.2) is 5.60 Å². The van der Waals surface area contributed by atoms with Gasteiger partial charge in [0.2, 0.25) is 0 Å². The van der Waals surface area contributed by atoms with Crippen LogP contribution in [0.15, 0.2) is 42.9 Å². The van der Waals surface area contributed by atoms with Crippen molar-refractivity contribution in [2.75, 3.05) is 19.8 Å². The summed E-state index contributed by atoms with van der Waals surface area (Å²) in [4.78, 5) is 16.8. The fourth-order valence-electron chi connectivity index (χ4n) is 3.06. The van der Waals surface area contributed by atoms with Crippen molar-refractivity contribution in [3.63, 3.8) is 0 Å². The van der Waals surface area contributed by atoms with Crippen molar-refractivity contribution >= 4 is 5.97 Å². The van der Waals surface area contributed by atoms with E-state index >= 15 is 0 Å². The highest BCUT2D eigenvalue weighted by atomic mass is 16.6. The summed E-state index contributed by atoms with van der Waals surface area (Å²) in [5.74, 6) is -0.362. The van der Waals surface area contributed by atoms with E-state index in [1.807, 2.05) is 41.8 Å². The van der Waals surface area contributed by atoms with E-state index in [0.29, 0.717) is 25.3 Å². The number of ether oxygens (including phenoxy) is 3. The molecule has 6 heteroatoms. The van der Waals surface area contributed by atoms with Crippen molar-refractivity contribution in [1.29, 1.82) is 0 Å². The van der Waals surface area contributed by atoms with Gasteiger partial charge in [-0.3, -0.25) is 0 Å². The normalized spacial score (nSPS) is 22.5. The third kappa shape index (κ3) is 2.95. The highest BCUT2D eigenvalue weighted by Crippen LogP contribution is 2.33. The first-order chi connectivity index (χ1) is 11.7. The smallest absolute Gasteiger partial charge is 0.357 e. The van der Waals surface area contributed by atoms with E-state index in [1.165, 1.54) is 0 Å². The molecular weight excluding hydrogens is 308 g/mol. The second kappa shape index (κ2) is 6.03. The Labute approximate surface area is 140 Å². The number of hydrogen-bond donors (Lipinski definition) is 0. The molecule has 2 aliphatic rings. The predicted molar refractivity (Wildman–Crippen MR) is 85.8 cm³/mol. The second-order valence-electron chi connectivity index (χ2n) is 6.50. The molecule has 24 heavy (non-hydrogen) atoms. The van der Waals surface area contributed by atoms with E-state index in [1.54, 1.807) is 12.5 Å². The van der Waals surface area contributed by atoms with Gasteiger partial charge in [0.05, 0.1) is 44.5 Å². The van der Waals surface area contributed by atoms with E-state index in [4.69, 9.17) is 14.2 Å². The molecule has 2 aliphatic heterocycles. The summed E-state index contributed by atoms with van der Waals surface area (Å²) in [5.41, 5.74) is 1.01. The summed E-state index contributed by atoms with van der Waals surface area (Å²) in [6, 6.07) is 10.0. The number of hydrogen-bond acceptors (Lipinski definition) is 5. The van der Waals surface area contributed by atoms with E-state index in [-0.39, 0.29) is 18.1 Å². The predicted octanol–water partition coefficient (Wildman–Crippen LogP) is 2.21. The maximum atomic E-state index is 12.7. The Morgan fingerprint density at radius 1 is 1.42 bits per heavy atom. The molecule has 2 saturated heterocycles. The van der Waals surface area contributed by atoms with Crippen molar-refractivity contribution in [2.24, 2.45) is 0 Å². The molecule has 0 N–H and O–H groups in total. The largest absolute Gasteiger partial charge is 0.449 e. The lowest BCUT2D eigenvalue weighted by Crippen LogP contribution is -2.54. The van der Waals surface area contributed by atoms with Gasteiger partial charge in [-0.25, -0.2) is 9.78 Å². The topological polar surface area (TPSA) is 65.9 Å². The van der Waals surface area contributed by atoms with Crippen LogP contribution in [-0.2, 0) is 14.2 Å². The van der Waals surface area contributed by atoms with Gasteiger partial charge in [-0.1, -0.05) is 30.3 Å². The molecule has 0 amide bonds. The van der Waals surface area contributed by atoms with Crippen LogP contribution in [0.3, 0.4) is 0 Å². The van der Waals surface area contributed by atoms with Crippen molar-refractivity contribution in [1.82, 2.24) is 9.55 Å². The molecule has 0 bridgehead atoms. The SMILES string of the molecule is C[C@H](c1ccccc1)n1cncc1C(=O)OC1(CC2CO2)COC1. The van der Waals surface area contributed by atoms with Gasteiger partial charge in [0.25, 0.3) is 0 Å². The lowest BCUT2D eigenvalue weighted by molar-refractivity contribution is -0.185. The standard InChI is InChI=1S/C18H20N2O4/c1-13(14-5-3-2-4-6-14)20-12-19-8-16(20)17(21)24-18(10-22-11-18)7-15-9-23-15/h2-6,8,12-13,15H,7,9-11H2,1H3/t13-,15?/m1/s1. The lowest BCUT2D eigenvalue weighted by Gasteiger charge is -2.40. The molecule has 2 atom stereocenters. The maximum absolute atomic E-state index is 12.7. The van der Waals surface area contributed by atoms with E-state index in [0.717, 1.165) is 12.2 Å². The van der Waals surface area contributed by atoms with Gasteiger partial charge >= 0.3 is 5.97 Å². The summed E-state index contributed by atoms with van der Waals surface area (Å²) < 4.78 is 18.2. The quantitative estimate of drug-likeness (QED) is 0.601. The number of rotatable bonds is 6. The van der Waals surface area contributed by atoms with Gasteiger partial charge < -0.3 is 18.8 Å². The number of imidazole rings is 1. The molecule has 2 fully saturated rings. The highest BCUT2D eigenvalue weighted by molar-refractivity contribution is 5.87. The summed E-state index contributed by atoms with van der Waals surface area (Å²) in [7, 11) is 0. The Morgan fingerprint density at radius 2 is 2.17 bits per heavy atom. The fraction of sp³-hybridized carbons (Fsp3) is 0.444. The first-order valence-corrected chi connectivity index (χ1v) is 8.16. The Balaban J connectivity index is 1.52. The van der Waals surface area contributed by atoms with Gasteiger partial charge in [0, 0.05) is 6.42 Å². The zero-order chi connectivity index (χ0) is 16.6. The Hall–Kier alpha value is -2.18. The molecule has 1 aromatic heterocycles. The summed E-state index contributed by atoms with van der Waals surface area (Å²) in [6.45, 7) is 3.64. The number of aromatic nitrogens is 2. The summed E-state index contributed by atoms with van der Waals surface area (Å²) >= 11 is 0. The molecule has 6 nitrogen and oxygen atoms in total. The fourth-order valence-corrected chi connectivity index (χ4v) is 3.06. The minimum atomic E-state index is -0.552. The van der Waals surface area contributed by atoms with Crippen LogP contribution in [0.2, 0.25) is 0 Å². The summed E-state index contributed by atoms with van der Waals surface area (Å²) in [6.07, 6.45) is 4.11. The number of benzene rings is 1. The first kappa shape index (κ1) is 15.4. The number of epoxide rings is 1. The van der Waals surface area contributed by atoms with Gasteiger partial charge in [-0.15, -0.1) is 0 Å². The van der Waals surface area contributed by atoms with Crippen LogP contribution >= 0.6 is 0 Å². The molecule has 0 spiro atoms. The van der Waals surface area contributed by atoms with Crippen LogP contribution in [0.5, 0.6) is 0 Å². The summed E-state index contributed by atoms with van der Waals surface area (Å²) in [5, 5.41) is 0. The second-order valence-corrected chi connectivity index (χ2v) is 6.50. The van der Waals surface area contributed by atoms with Crippen molar-refractivity contribution in [3.8, 4) is 0 Å². The van der Waals surface area contributed by atoms with Crippen LogP contribution in [0.1, 0.15) is 35.4 Å². The number of esters is 1. The monoisotopic (exact) mass is 328 g/mol. The van der Waals surface area contributed by atoms with Crippen molar-refractivity contribution in [3.05, 3.63) is 54.1 Å². The van der Waals surface area contributed by atoms with Crippen LogP contribution < -0.4 is 0 Å². The third-order valence-electron chi connectivity index (χ3n) is 4.62. The highest BCUT2D eigenvalue weighted by Gasteiger charge is 2.47. The zero-order valence-corrected chi connectivity index (χ0v) is 13.6. The molecule has 126 valence electrons. The minimum Gasteiger partial charge on any atom is -0.449 e. The zero-order valence-electron chi connectivity index (χ0n) is 13.6. The van der Waals surface area contributed by atoms with E-state index in [2.05, 4.69) is 4.98 Å². The minimum absolute atomic E-state index is 0.00314. The van der Waals surface area contributed by atoms with E-state index in [9.17, 15) is 4.79 Å². The van der Waals surface area contributed by atoms with Gasteiger partial charge in [0.1, 0.15) is 5.69 Å². The molecule has 4 rings (SSSR count). The number of nitrogens with zero attached hydrogens (tertiary/aromatic N) is 2. The molecule has 0 radical (unpaired) electrons. The van der Waals surface area contributed by atoms with Crippen molar-refractivity contribution in [2.45, 2.75) is 31.1 Å². The Kier molecular flexibility index (Phi) is 3.86. The Morgan fingerprint density at radius 3 is 2.79 bits per heavy atom. The van der Waals surface area contributed by atoms with E-state index < -0.39 is 5.60 Å². The van der Waals surface area contributed by atoms with Crippen LogP contribution in [0, 0.1) is 0 Å². The van der Waals surface area contributed by atoms with Gasteiger partial charge in [-0.2, -0.15) is 0 Å². The molecule has 0 aliphatic carbocycles. The number of carbonyl (C=O) groups excluding carboxylic acids is 1. The average molecular weight is 328 g/mol. The average Bonchev–Trinajstić information content (AvgIpc) is 3.24. The van der Waals surface area contributed by atoms with Gasteiger partial charge in [-0.05, 0) is 12.5 Å². The third-order valence-corrected chi connectivity index (χ3v) is 4.62. The molecular formula is C18H20N2O4. The molecule has 2 aromatic rings. The first-order valence-electron chi connectivity index (χ1n) is 8.16. The van der Waals surface area contributed by atoms with Crippen LogP contribution in [-0.4, -0.2) is 47.0 Å². The maximum Gasteiger partial charge on any atom is 0.357 e. The lowest BCUT2D eigenvalue weighted by atomic mass is 9.95.